The van der Waals surface area contributed by atoms with Crippen molar-refractivity contribution in [3.63, 3.8) is 0 Å². The Hall–Kier alpha value is -1.60. The Bertz CT molecular complexity index is 530. The van der Waals surface area contributed by atoms with Crippen LogP contribution in [-0.4, -0.2) is 38.8 Å². The maximum atomic E-state index is 12.4. The lowest BCUT2D eigenvalue weighted by Crippen LogP contribution is -2.38. The van der Waals surface area contributed by atoms with Gasteiger partial charge in [-0.25, -0.2) is 4.79 Å². The van der Waals surface area contributed by atoms with Gasteiger partial charge >= 0.3 is 11.3 Å². The van der Waals surface area contributed by atoms with E-state index in [9.17, 15) is 14.7 Å². The highest BCUT2D eigenvalue weighted by molar-refractivity contribution is 8.12. The zero-order valence-corrected chi connectivity index (χ0v) is 13.0. The molecule has 1 aromatic rings. The number of nitrogens with zero attached hydrogens (tertiary/aromatic N) is 1. The zero-order chi connectivity index (χ0) is 15.6. The molecule has 2 heterocycles. The van der Waals surface area contributed by atoms with Crippen LogP contribution in [-0.2, 0) is 20.4 Å². The van der Waals surface area contributed by atoms with Crippen LogP contribution < -0.4 is 5.32 Å². The van der Waals surface area contributed by atoms with E-state index >= 15 is 0 Å². The van der Waals surface area contributed by atoms with Crippen molar-refractivity contribution >= 4 is 22.2 Å². The second-order valence-electron chi connectivity index (χ2n) is 5.74. The van der Waals surface area contributed by atoms with E-state index in [1.165, 1.54) is 0 Å². The number of carbonyl (C=O) groups is 2. The number of rotatable bonds is 2. The number of carbonyl (C=O) groups excluding carboxylic acids is 1. The lowest BCUT2D eigenvalue weighted by atomic mass is 10.2. The van der Waals surface area contributed by atoms with Crippen LogP contribution in [0.15, 0.2) is 24.5 Å². The molecule has 7 heteroatoms. The first-order valence-corrected chi connectivity index (χ1v) is 7.95. The highest BCUT2D eigenvalue weighted by Crippen LogP contribution is 2.33. The second-order valence-corrected chi connectivity index (χ2v) is 7.86. The molecule has 2 rings (SSSR count). The summed E-state index contributed by atoms with van der Waals surface area (Å²) in [6, 6.07) is 3.60. The Morgan fingerprint density at radius 3 is 2.71 bits per heavy atom. The molecule has 21 heavy (non-hydrogen) atoms. The summed E-state index contributed by atoms with van der Waals surface area (Å²) >= 11 is 0. The second kappa shape index (κ2) is 6.03. The maximum absolute atomic E-state index is 12.4. The Labute approximate surface area is 126 Å². The molecule has 1 fully saturated rings. The van der Waals surface area contributed by atoms with Crippen LogP contribution in [0.5, 0.6) is 0 Å². The minimum atomic E-state index is -1.09. The Morgan fingerprint density at radius 1 is 1.48 bits per heavy atom. The molecule has 114 valence electrons. The largest absolute Gasteiger partial charge is 0.528 e. The summed E-state index contributed by atoms with van der Waals surface area (Å²) < 4.78 is 5.40. The fraction of sp³-hybridized carbons (Fsp3) is 0.500. The minimum absolute atomic E-state index is 0.247. The monoisotopic (exact) mass is 311 g/mol. The summed E-state index contributed by atoms with van der Waals surface area (Å²) in [5.41, 5.74) is 0.158. The number of hydrogen-bond donors (Lipinski definition) is 2. The lowest BCUT2D eigenvalue weighted by molar-refractivity contribution is -0.136. The van der Waals surface area contributed by atoms with Crippen molar-refractivity contribution in [1.29, 1.82) is 0 Å². The van der Waals surface area contributed by atoms with Crippen LogP contribution in [0.2, 0.25) is 0 Å². The molecule has 6 nitrogen and oxygen atoms in total. The summed E-state index contributed by atoms with van der Waals surface area (Å²) in [5, 5.41) is 10.8. The van der Waals surface area contributed by atoms with E-state index in [4.69, 9.17) is 4.74 Å². The molecule has 0 aromatic carbocycles. The molecule has 0 bridgehead atoms. The van der Waals surface area contributed by atoms with E-state index in [1.54, 1.807) is 39.2 Å². The van der Waals surface area contributed by atoms with Gasteiger partial charge in [0.1, 0.15) is 16.5 Å². The van der Waals surface area contributed by atoms with Gasteiger partial charge < -0.3 is 9.84 Å². The number of carboxylic acid groups (broad SMARTS) is 1. The van der Waals surface area contributed by atoms with Gasteiger partial charge in [0.2, 0.25) is 10.6 Å². The molecule has 1 aliphatic rings. The predicted molar refractivity (Wildman–Crippen MR) is 80.0 cm³/mol. The average molecular weight is 311 g/mol. The van der Waals surface area contributed by atoms with Crippen molar-refractivity contribution in [3.8, 4) is 0 Å². The summed E-state index contributed by atoms with van der Waals surface area (Å²) in [4.78, 5) is 27.9. The van der Waals surface area contributed by atoms with Crippen molar-refractivity contribution in [2.24, 2.45) is 0 Å². The van der Waals surface area contributed by atoms with Gasteiger partial charge in [0.25, 0.3) is 0 Å². The highest BCUT2D eigenvalue weighted by atomic mass is 32.2. The maximum Gasteiger partial charge on any atom is 0.528 e. The lowest BCUT2D eigenvalue weighted by Gasteiger charge is -2.20. The van der Waals surface area contributed by atoms with E-state index < -0.39 is 33.0 Å². The van der Waals surface area contributed by atoms with Crippen molar-refractivity contribution in [2.45, 2.75) is 37.0 Å². The Kier molecular flexibility index (Phi) is 4.53. The Balaban J connectivity index is 2.29. The quantitative estimate of drug-likeness (QED) is 0.638. The molecule has 0 radical (unpaired) electrons. The van der Waals surface area contributed by atoms with E-state index in [2.05, 4.69) is 10.3 Å². The molecule has 3 unspecified atom stereocenters. The van der Waals surface area contributed by atoms with Crippen LogP contribution in [0.3, 0.4) is 0 Å². The highest BCUT2D eigenvalue weighted by Gasteiger charge is 2.57. The third-order valence-electron chi connectivity index (χ3n) is 2.89. The van der Waals surface area contributed by atoms with Crippen LogP contribution in [0, 0.1) is 0 Å². The number of aromatic nitrogens is 1. The average Bonchev–Trinajstić information content (AvgIpc) is 2.82. The van der Waals surface area contributed by atoms with E-state index in [-0.39, 0.29) is 11.9 Å². The van der Waals surface area contributed by atoms with Gasteiger partial charge in [-0.15, -0.1) is 0 Å². The van der Waals surface area contributed by atoms with Gasteiger partial charge in [-0.1, -0.05) is 0 Å². The summed E-state index contributed by atoms with van der Waals surface area (Å²) in [6.07, 6.45) is 3.28. The van der Waals surface area contributed by atoms with Gasteiger partial charge in [-0.3, -0.25) is 10.3 Å². The van der Waals surface area contributed by atoms with Gasteiger partial charge in [-0.2, -0.15) is 4.79 Å². The minimum Gasteiger partial charge on any atom is -0.477 e. The zero-order valence-electron chi connectivity index (χ0n) is 12.2. The molecule has 1 aromatic heterocycles. The molecule has 0 aliphatic carbocycles. The van der Waals surface area contributed by atoms with E-state index in [1.807, 2.05) is 6.07 Å². The van der Waals surface area contributed by atoms with E-state index in [0.717, 1.165) is 5.56 Å². The topological polar surface area (TPSA) is 88.5 Å². The van der Waals surface area contributed by atoms with Crippen LogP contribution >= 0.6 is 0 Å². The molecule has 2 N–H and O–H groups in total. The molecule has 0 spiro atoms. The van der Waals surface area contributed by atoms with Crippen LogP contribution in [0.25, 0.3) is 0 Å². The van der Waals surface area contributed by atoms with Gasteiger partial charge in [0.05, 0.1) is 6.54 Å². The van der Waals surface area contributed by atoms with Crippen molar-refractivity contribution in [1.82, 2.24) is 10.3 Å². The fourth-order valence-electron chi connectivity index (χ4n) is 2.06. The summed E-state index contributed by atoms with van der Waals surface area (Å²) in [6.45, 7) is 5.56. The number of pyridine rings is 1. The number of hydrogen-bond acceptors (Lipinski definition) is 5. The van der Waals surface area contributed by atoms with Crippen molar-refractivity contribution in [3.05, 3.63) is 30.1 Å². The predicted octanol–water partition coefficient (Wildman–Crippen LogP) is 1.69. The summed E-state index contributed by atoms with van der Waals surface area (Å²) in [5.74, 6) is -0.983. The first kappa shape index (κ1) is 15.8. The third-order valence-corrected chi connectivity index (χ3v) is 5.29. The third kappa shape index (κ3) is 3.74. The van der Waals surface area contributed by atoms with Gasteiger partial charge in [0, 0.05) is 18.0 Å². The summed E-state index contributed by atoms with van der Waals surface area (Å²) in [7, 11) is -1.09. The first-order valence-electron chi connectivity index (χ1n) is 6.60. The number of ether oxygens (including phenoxy) is 1. The normalized spacial score (nSPS) is 25.6. The number of nitrogens with one attached hydrogen (secondary N) is 1. The standard InChI is InChI=1S/C14H18N2O4S/c1-14(2,3)20-13(19)21-10(12(17)18)8-16-11(21)9-5-4-6-15-7-9/h4-7,10-11,16H,8H2,1-3H3/p+1. The van der Waals surface area contributed by atoms with Gasteiger partial charge in [0.15, 0.2) is 0 Å². The van der Waals surface area contributed by atoms with E-state index in [0.29, 0.717) is 0 Å². The number of carboxylic acids is 1. The molecule has 3 atom stereocenters. The Morgan fingerprint density at radius 2 is 2.19 bits per heavy atom. The van der Waals surface area contributed by atoms with Gasteiger partial charge in [-0.05, 0) is 32.9 Å². The molecule has 0 amide bonds. The number of aliphatic carboxylic acids is 1. The molecular formula is C14H19N2O4S+. The van der Waals surface area contributed by atoms with Crippen LogP contribution in [0.4, 0.5) is 4.79 Å². The van der Waals surface area contributed by atoms with Crippen molar-refractivity contribution < 1.29 is 19.4 Å². The molecule has 1 saturated heterocycles. The molecule has 1 aliphatic heterocycles. The van der Waals surface area contributed by atoms with Crippen LogP contribution in [0.1, 0.15) is 31.7 Å². The smallest absolute Gasteiger partial charge is 0.477 e. The SMILES string of the molecule is CC(C)(C)OC(=O)[S+]1C(C(=O)O)CNC1c1cccnc1. The van der Waals surface area contributed by atoms with Crippen molar-refractivity contribution in [2.75, 3.05) is 6.54 Å². The first-order chi connectivity index (χ1) is 9.79. The molecular weight excluding hydrogens is 292 g/mol. The molecule has 0 saturated carbocycles. The fourth-order valence-corrected chi connectivity index (χ4v) is 4.36.